The van der Waals surface area contributed by atoms with E-state index in [1.165, 1.54) is 18.9 Å². The first-order valence-electron chi connectivity index (χ1n) is 7.96. The maximum absolute atomic E-state index is 12.6. The van der Waals surface area contributed by atoms with Gasteiger partial charge in [0, 0.05) is 6.07 Å². The van der Waals surface area contributed by atoms with Gasteiger partial charge >= 0.3 is 0 Å². The lowest BCUT2D eigenvalue weighted by Crippen LogP contribution is -2.15. The molecule has 9 nitrogen and oxygen atoms in total. The zero-order chi connectivity index (χ0) is 19.4. The molecule has 3 rings (SSSR count). The van der Waals surface area contributed by atoms with Gasteiger partial charge in [-0.15, -0.1) is 5.10 Å². The first-order valence-corrected chi connectivity index (χ1v) is 7.96. The molecule has 3 N–H and O–H groups in total. The standard InChI is InChI=1S/C18H19N5O4/c1-25-12-6-4-11(5-7-12)23-17(19)16(21-22-23)18(24)20-14-10-13(26-2)8-9-15(14)27-3/h4-10H,19H2,1-3H3,(H,20,24). The fourth-order valence-corrected chi connectivity index (χ4v) is 2.46. The fraction of sp³-hybridized carbons (Fsp3) is 0.167. The molecular formula is C18H19N5O4. The van der Waals surface area contributed by atoms with Gasteiger partial charge in [0.05, 0.1) is 32.7 Å². The third-order valence-corrected chi connectivity index (χ3v) is 3.89. The minimum atomic E-state index is -0.515. The maximum Gasteiger partial charge on any atom is 0.280 e. The normalized spacial score (nSPS) is 10.3. The lowest BCUT2D eigenvalue weighted by Gasteiger charge is -2.11. The van der Waals surface area contributed by atoms with E-state index >= 15 is 0 Å². The number of benzene rings is 2. The van der Waals surface area contributed by atoms with Crippen molar-refractivity contribution in [3.63, 3.8) is 0 Å². The Kier molecular flexibility index (Phi) is 5.11. The third-order valence-electron chi connectivity index (χ3n) is 3.89. The van der Waals surface area contributed by atoms with Gasteiger partial charge < -0.3 is 25.3 Å². The Morgan fingerprint density at radius 2 is 1.67 bits per heavy atom. The maximum atomic E-state index is 12.6. The molecule has 27 heavy (non-hydrogen) atoms. The van der Waals surface area contributed by atoms with E-state index in [9.17, 15) is 4.79 Å². The summed E-state index contributed by atoms with van der Waals surface area (Å²) >= 11 is 0. The van der Waals surface area contributed by atoms with Crippen LogP contribution in [0.25, 0.3) is 5.69 Å². The van der Waals surface area contributed by atoms with Gasteiger partial charge in [0.2, 0.25) is 0 Å². The number of nitrogens with two attached hydrogens (primary N) is 1. The number of hydrogen-bond acceptors (Lipinski definition) is 7. The molecule has 0 aliphatic rings. The summed E-state index contributed by atoms with van der Waals surface area (Å²) in [6, 6.07) is 12.1. The molecule has 0 radical (unpaired) electrons. The van der Waals surface area contributed by atoms with Crippen molar-refractivity contribution in [3.05, 3.63) is 48.2 Å². The van der Waals surface area contributed by atoms with Crippen molar-refractivity contribution in [1.29, 1.82) is 0 Å². The summed E-state index contributed by atoms with van der Waals surface area (Å²) in [5.41, 5.74) is 7.16. The van der Waals surface area contributed by atoms with Gasteiger partial charge in [0.25, 0.3) is 5.91 Å². The van der Waals surface area contributed by atoms with E-state index in [2.05, 4.69) is 15.6 Å². The van der Waals surface area contributed by atoms with Crippen LogP contribution in [0.15, 0.2) is 42.5 Å². The SMILES string of the molecule is COc1ccc(-n2nnc(C(=O)Nc3cc(OC)ccc3OC)c2N)cc1. The van der Waals surface area contributed by atoms with Gasteiger partial charge in [-0.1, -0.05) is 5.21 Å². The summed E-state index contributed by atoms with van der Waals surface area (Å²) in [7, 11) is 4.62. The molecule has 0 aliphatic carbocycles. The second-order valence-electron chi connectivity index (χ2n) is 5.45. The molecule has 9 heteroatoms. The van der Waals surface area contributed by atoms with Crippen LogP contribution in [0, 0.1) is 0 Å². The van der Waals surface area contributed by atoms with Crippen LogP contribution in [0.2, 0.25) is 0 Å². The molecule has 3 aromatic rings. The molecule has 0 atom stereocenters. The van der Waals surface area contributed by atoms with Crippen molar-refractivity contribution in [2.75, 3.05) is 32.4 Å². The predicted molar refractivity (Wildman–Crippen MR) is 99.8 cm³/mol. The van der Waals surface area contributed by atoms with Crippen LogP contribution >= 0.6 is 0 Å². The number of nitrogens with one attached hydrogen (secondary N) is 1. The summed E-state index contributed by atoms with van der Waals surface area (Å²) in [4.78, 5) is 12.6. The van der Waals surface area contributed by atoms with Crippen LogP contribution in [0.1, 0.15) is 10.5 Å². The quantitative estimate of drug-likeness (QED) is 0.684. The summed E-state index contributed by atoms with van der Waals surface area (Å²) in [6.45, 7) is 0. The van der Waals surface area contributed by atoms with E-state index in [0.29, 0.717) is 28.6 Å². The van der Waals surface area contributed by atoms with E-state index in [1.807, 2.05) is 0 Å². The molecule has 1 amide bonds. The van der Waals surface area contributed by atoms with Crippen LogP contribution in [-0.2, 0) is 0 Å². The lowest BCUT2D eigenvalue weighted by atomic mass is 10.2. The first kappa shape index (κ1) is 18.1. The molecule has 0 aliphatic heterocycles. The Balaban J connectivity index is 1.87. The Morgan fingerprint density at radius 1 is 1.00 bits per heavy atom. The van der Waals surface area contributed by atoms with E-state index in [4.69, 9.17) is 19.9 Å². The van der Waals surface area contributed by atoms with Gasteiger partial charge in [-0.05, 0) is 36.4 Å². The smallest absolute Gasteiger partial charge is 0.280 e. The van der Waals surface area contributed by atoms with Crippen molar-refractivity contribution < 1.29 is 19.0 Å². The summed E-state index contributed by atoms with van der Waals surface area (Å²) in [5, 5.41) is 10.6. The third kappa shape index (κ3) is 3.61. The minimum Gasteiger partial charge on any atom is -0.497 e. The number of nitrogen functional groups attached to an aromatic ring is 1. The van der Waals surface area contributed by atoms with Gasteiger partial charge in [0.1, 0.15) is 17.2 Å². The first-order chi connectivity index (χ1) is 13.1. The Morgan fingerprint density at radius 3 is 2.30 bits per heavy atom. The number of amides is 1. The van der Waals surface area contributed by atoms with Gasteiger partial charge in [-0.2, -0.15) is 4.68 Å². The van der Waals surface area contributed by atoms with Crippen LogP contribution in [0.3, 0.4) is 0 Å². The molecule has 1 aromatic heterocycles. The number of aromatic nitrogens is 3. The van der Waals surface area contributed by atoms with E-state index in [-0.39, 0.29) is 11.5 Å². The zero-order valence-corrected chi connectivity index (χ0v) is 15.1. The average Bonchev–Trinajstić information content (AvgIpc) is 3.09. The highest BCUT2D eigenvalue weighted by atomic mass is 16.5. The molecule has 0 saturated carbocycles. The number of ether oxygens (including phenoxy) is 3. The molecule has 140 valence electrons. The molecule has 0 bridgehead atoms. The molecule has 0 saturated heterocycles. The van der Waals surface area contributed by atoms with Gasteiger partial charge in [0.15, 0.2) is 11.5 Å². The van der Waals surface area contributed by atoms with Crippen molar-refractivity contribution in [3.8, 4) is 22.9 Å². The highest BCUT2D eigenvalue weighted by molar-refractivity contribution is 6.06. The molecular weight excluding hydrogens is 350 g/mol. The second-order valence-corrected chi connectivity index (χ2v) is 5.45. The number of carbonyl (C=O) groups is 1. The summed E-state index contributed by atoms with van der Waals surface area (Å²) in [6.07, 6.45) is 0. The number of nitrogens with zero attached hydrogens (tertiary/aromatic N) is 3. The highest BCUT2D eigenvalue weighted by Crippen LogP contribution is 2.29. The monoisotopic (exact) mass is 369 g/mol. The van der Waals surface area contributed by atoms with Crippen molar-refractivity contribution in [2.24, 2.45) is 0 Å². The van der Waals surface area contributed by atoms with Crippen molar-refractivity contribution >= 4 is 17.4 Å². The van der Waals surface area contributed by atoms with E-state index in [0.717, 1.165) is 0 Å². The van der Waals surface area contributed by atoms with Crippen LogP contribution in [0.5, 0.6) is 17.2 Å². The van der Waals surface area contributed by atoms with Crippen molar-refractivity contribution in [2.45, 2.75) is 0 Å². The average molecular weight is 369 g/mol. The summed E-state index contributed by atoms with van der Waals surface area (Å²) < 4.78 is 16.9. The topological polar surface area (TPSA) is 114 Å². The zero-order valence-electron chi connectivity index (χ0n) is 15.1. The van der Waals surface area contributed by atoms with Crippen LogP contribution in [-0.4, -0.2) is 42.2 Å². The number of rotatable bonds is 6. The largest absolute Gasteiger partial charge is 0.497 e. The molecule has 0 fully saturated rings. The molecule has 0 spiro atoms. The molecule has 2 aromatic carbocycles. The number of anilines is 2. The Bertz CT molecular complexity index is 953. The van der Waals surface area contributed by atoms with E-state index in [1.54, 1.807) is 49.6 Å². The van der Waals surface area contributed by atoms with E-state index < -0.39 is 5.91 Å². The fourth-order valence-electron chi connectivity index (χ4n) is 2.46. The Hall–Kier alpha value is -3.75. The number of methoxy groups -OCH3 is 3. The number of carbonyl (C=O) groups excluding carboxylic acids is 1. The highest BCUT2D eigenvalue weighted by Gasteiger charge is 2.20. The number of hydrogen-bond donors (Lipinski definition) is 2. The second kappa shape index (κ2) is 7.65. The molecule has 1 heterocycles. The van der Waals surface area contributed by atoms with Crippen LogP contribution < -0.4 is 25.3 Å². The summed E-state index contributed by atoms with van der Waals surface area (Å²) in [5.74, 6) is 1.34. The van der Waals surface area contributed by atoms with Crippen LogP contribution in [0.4, 0.5) is 11.5 Å². The Labute approximate surface area is 155 Å². The molecule has 0 unspecified atom stereocenters. The lowest BCUT2D eigenvalue weighted by molar-refractivity contribution is 0.102. The predicted octanol–water partition coefficient (Wildman–Crippen LogP) is 2.13. The van der Waals surface area contributed by atoms with Gasteiger partial charge in [-0.3, -0.25) is 4.79 Å². The minimum absolute atomic E-state index is 0.00399. The van der Waals surface area contributed by atoms with Gasteiger partial charge in [-0.25, -0.2) is 0 Å². The van der Waals surface area contributed by atoms with Crippen molar-refractivity contribution in [1.82, 2.24) is 15.0 Å².